The zero-order valence-electron chi connectivity index (χ0n) is 11.5. The molecule has 20 heavy (non-hydrogen) atoms. The maximum absolute atomic E-state index is 11.8. The number of aromatic nitrogens is 1. The molecule has 2 rings (SSSR count). The van der Waals surface area contributed by atoms with Crippen LogP contribution in [0.1, 0.15) is 11.1 Å². The minimum Gasteiger partial charge on any atom is -0.481 e. The molecule has 2 aromatic rings. The second-order valence-electron chi connectivity index (χ2n) is 4.33. The Hall–Kier alpha value is -2.56. The van der Waals surface area contributed by atoms with Gasteiger partial charge in [0.15, 0.2) is 0 Å². The third kappa shape index (κ3) is 3.71. The van der Waals surface area contributed by atoms with Crippen molar-refractivity contribution in [3.05, 3.63) is 53.7 Å². The molecule has 1 heterocycles. The molecule has 1 aromatic heterocycles. The zero-order valence-corrected chi connectivity index (χ0v) is 11.5. The molecule has 2 N–H and O–H groups in total. The minimum absolute atomic E-state index is 0.241. The topological polar surface area (TPSA) is 63.2 Å². The fourth-order valence-electron chi connectivity index (χ4n) is 1.73. The lowest BCUT2D eigenvalue weighted by Gasteiger charge is -2.10. The van der Waals surface area contributed by atoms with Crippen molar-refractivity contribution >= 4 is 11.7 Å². The fourth-order valence-corrected chi connectivity index (χ4v) is 1.73. The predicted molar refractivity (Wildman–Crippen MR) is 77.8 cm³/mol. The van der Waals surface area contributed by atoms with Crippen molar-refractivity contribution in [2.45, 2.75) is 13.5 Å². The Morgan fingerprint density at radius 2 is 2.10 bits per heavy atom. The van der Waals surface area contributed by atoms with Crippen LogP contribution in [0.5, 0.6) is 5.88 Å². The average Bonchev–Trinajstić information content (AvgIpc) is 2.48. The highest BCUT2D eigenvalue weighted by Crippen LogP contribution is 2.13. The summed E-state index contributed by atoms with van der Waals surface area (Å²) in [6.45, 7) is 2.36. The maximum atomic E-state index is 11.8. The van der Waals surface area contributed by atoms with Gasteiger partial charge in [-0.05, 0) is 30.2 Å². The van der Waals surface area contributed by atoms with Gasteiger partial charge in [0.1, 0.15) is 0 Å². The summed E-state index contributed by atoms with van der Waals surface area (Å²) in [5.41, 5.74) is 2.75. The van der Waals surface area contributed by atoms with Crippen LogP contribution < -0.4 is 15.4 Å². The maximum Gasteiger partial charge on any atom is 0.319 e. The monoisotopic (exact) mass is 271 g/mol. The van der Waals surface area contributed by atoms with Crippen LogP contribution in [0.25, 0.3) is 0 Å². The molecular weight excluding hydrogens is 254 g/mol. The number of ether oxygens (including phenoxy) is 1. The highest BCUT2D eigenvalue weighted by atomic mass is 16.5. The summed E-state index contributed by atoms with van der Waals surface area (Å²) in [7, 11) is 1.56. The summed E-state index contributed by atoms with van der Waals surface area (Å²) in [4.78, 5) is 15.8. The first-order valence-electron chi connectivity index (χ1n) is 6.28. The number of hydrogen-bond donors (Lipinski definition) is 2. The van der Waals surface area contributed by atoms with Gasteiger partial charge in [-0.3, -0.25) is 0 Å². The van der Waals surface area contributed by atoms with Crippen LogP contribution in [0.4, 0.5) is 10.5 Å². The van der Waals surface area contributed by atoms with Gasteiger partial charge in [0.05, 0.1) is 7.11 Å². The summed E-state index contributed by atoms with van der Waals surface area (Å²) in [5.74, 6) is 0.531. The highest BCUT2D eigenvalue weighted by Gasteiger charge is 2.04. The van der Waals surface area contributed by atoms with Crippen LogP contribution in [0.15, 0.2) is 42.6 Å². The van der Waals surface area contributed by atoms with E-state index in [0.717, 1.165) is 16.8 Å². The van der Waals surface area contributed by atoms with Crippen molar-refractivity contribution in [2.75, 3.05) is 12.4 Å². The molecule has 0 saturated heterocycles. The van der Waals surface area contributed by atoms with Crippen LogP contribution in [0.2, 0.25) is 0 Å². The van der Waals surface area contributed by atoms with Gasteiger partial charge in [-0.1, -0.05) is 18.2 Å². The molecule has 5 heteroatoms. The molecule has 0 aliphatic rings. The van der Waals surface area contributed by atoms with E-state index in [1.54, 1.807) is 19.4 Å². The number of amides is 2. The summed E-state index contributed by atoms with van der Waals surface area (Å²) < 4.78 is 5.03. The Balaban J connectivity index is 1.90. The van der Waals surface area contributed by atoms with Gasteiger partial charge in [-0.15, -0.1) is 0 Å². The van der Waals surface area contributed by atoms with Gasteiger partial charge < -0.3 is 15.4 Å². The molecular formula is C15H17N3O2. The first-order valence-corrected chi connectivity index (χ1v) is 6.28. The molecule has 0 radical (unpaired) electrons. The van der Waals surface area contributed by atoms with E-state index < -0.39 is 0 Å². The SMILES string of the molecule is COc1cc(CNC(=O)Nc2ccccc2C)ccn1. The molecule has 0 aliphatic carbocycles. The average molecular weight is 271 g/mol. The number of anilines is 1. The quantitative estimate of drug-likeness (QED) is 0.898. The van der Waals surface area contributed by atoms with Crippen molar-refractivity contribution in [3.8, 4) is 5.88 Å². The van der Waals surface area contributed by atoms with Crippen molar-refractivity contribution in [2.24, 2.45) is 0 Å². The lowest BCUT2D eigenvalue weighted by Crippen LogP contribution is -2.28. The third-order valence-electron chi connectivity index (χ3n) is 2.85. The molecule has 0 atom stereocenters. The molecule has 2 amide bonds. The standard InChI is InChI=1S/C15H17N3O2/c1-11-5-3-4-6-13(11)18-15(19)17-10-12-7-8-16-14(9-12)20-2/h3-9H,10H2,1-2H3,(H2,17,18,19). The fraction of sp³-hybridized carbons (Fsp3) is 0.200. The number of pyridine rings is 1. The second kappa shape index (κ2) is 6.56. The first kappa shape index (κ1) is 13.9. The summed E-state index contributed by atoms with van der Waals surface area (Å²) in [6, 6.07) is 11.0. The number of rotatable bonds is 4. The number of nitrogens with one attached hydrogen (secondary N) is 2. The van der Waals surface area contributed by atoms with E-state index in [0.29, 0.717) is 12.4 Å². The van der Waals surface area contributed by atoms with E-state index in [9.17, 15) is 4.79 Å². The number of aryl methyl sites for hydroxylation is 1. The van der Waals surface area contributed by atoms with Gasteiger partial charge in [0.2, 0.25) is 5.88 Å². The van der Waals surface area contributed by atoms with Crippen molar-refractivity contribution < 1.29 is 9.53 Å². The second-order valence-corrected chi connectivity index (χ2v) is 4.33. The minimum atomic E-state index is -0.241. The number of hydrogen-bond acceptors (Lipinski definition) is 3. The molecule has 104 valence electrons. The number of nitrogens with zero attached hydrogens (tertiary/aromatic N) is 1. The molecule has 0 bridgehead atoms. The van der Waals surface area contributed by atoms with Gasteiger partial charge in [0, 0.05) is 24.5 Å². The molecule has 1 aromatic carbocycles. The van der Waals surface area contributed by atoms with E-state index in [2.05, 4.69) is 15.6 Å². The summed E-state index contributed by atoms with van der Waals surface area (Å²) in [5, 5.41) is 5.60. The van der Waals surface area contributed by atoms with E-state index in [-0.39, 0.29) is 6.03 Å². The molecule has 0 unspecified atom stereocenters. The first-order chi connectivity index (χ1) is 9.69. The Morgan fingerprint density at radius 1 is 1.30 bits per heavy atom. The predicted octanol–water partition coefficient (Wildman–Crippen LogP) is 2.72. The molecule has 0 spiro atoms. The van der Waals surface area contributed by atoms with Crippen LogP contribution >= 0.6 is 0 Å². The van der Waals surface area contributed by atoms with E-state index in [1.807, 2.05) is 37.3 Å². The summed E-state index contributed by atoms with van der Waals surface area (Å²) in [6.07, 6.45) is 1.65. The number of carbonyl (C=O) groups excluding carboxylic acids is 1. The molecule has 0 fully saturated rings. The van der Waals surface area contributed by atoms with Crippen LogP contribution in [0.3, 0.4) is 0 Å². The van der Waals surface area contributed by atoms with Crippen molar-refractivity contribution in [1.82, 2.24) is 10.3 Å². The molecule has 0 saturated carbocycles. The Morgan fingerprint density at radius 3 is 2.85 bits per heavy atom. The van der Waals surface area contributed by atoms with Gasteiger partial charge >= 0.3 is 6.03 Å². The van der Waals surface area contributed by atoms with Crippen LogP contribution in [-0.2, 0) is 6.54 Å². The number of methoxy groups -OCH3 is 1. The number of benzene rings is 1. The lowest BCUT2D eigenvalue weighted by atomic mass is 10.2. The Kier molecular flexibility index (Phi) is 4.55. The number of para-hydroxylation sites is 1. The largest absolute Gasteiger partial charge is 0.481 e. The number of carbonyl (C=O) groups is 1. The molecule has 5 nitrogen and oxygen atoms in total. The highest BCUT2D eigenvalue weighted by molar-refractivity contribution is 5.89. The van der Waals surface area contributed by atoms with E-state index >= 15 is 0 Å². The smallest absolute Gasteiger partial charge is 0.319 e. The summed E-state index contributed by atoms with van der Waals surface area (Å²) >= 11 is 0. The van der Waals surface area contributed by atoms with Gasteiger partial charge in [0.25, 0.3) is 0 Å². The molecule has 0 aliphatic heterocycles. The lowest BCUT2D eigenvalue weighted by molar-refractivity contribution is 0.251. The normalized spacial score (nSPS) is 9.90. The van der Waals surface area contributed by atoms with Crippen LogP contribution in [-0.4, -0.2) is 18.1 Å². The van der Waals surface area contributed by atoms with Crippen molar-refractivity contribution in [3.63, 3.8) is 0 Å². The number of urea groups is 1. The Bertz CT molecular complexity index is 599. The van der Waals surface area contributed by atoms with E-state index in [1.165, 1.54) is 0 Å². The Labute approximate surface area is 118 Å². The van der Waals surface area contributed by atoms with Crippen LogP contribution in [0, 0.1) is 6.92 Å². The van der Waals surface area contributed by atoms with Gasteiger partial charge in [-0.2, -0.15) is 0 Å². The van der Waals surface area contributed by atoms with Crippen molar-refractivity contribution in [1.29, 1.82) is 0 Å². The zero-order chi connectivity index (χ0) is 14.4. The third-order valence-corrected chi connectivity index (χ3v) is 2.85. The van der Waals surface area contributed by atoms with Gasteiger partial charge in [-0.25, -0.2) is 9.78 Å². The van der Waals surface area contributed by atoms with E-state index in [4.69, 9.17) is 4.74 Å².